The highest BCUT2D eigenvalue weighted by Crippen LogP contribution is 2.13. The van der Waals surface area contributed by atoms with Gasteiger partial charge in [-0.25, -0.2) is 4.79 Å². The van der Waals surface area contributed by atoms with Crippen molar-refractivity contribution < 1.29 is 28.7 Å². The lowest BCUT2D eigenvalue weighted by atomic mass is 10.1. The molecule has 2 amide bonds. The highest BCUT2D eigenvalue weighted by atomic mass is 32.1. The zero-order valence-corrected chi connectivity index (χ0v) is 17.7. The normalized spacial score (nSPS) is 10.1. The Morgan fingerprint density at radius 1 is 0.844 bits per heavy atom. The minimum Gasteiger partial charge on any atom is -0.460 e. The maximum absolute atomic E-state index is 12.3. The number of para-hydroxylation sites is 1. The second-order valence-electron chi connectivity index (χ2n) is 6.50. The van der Waals surface area contributed by atoms with E-state index in [1.54, 1.807) is 66.0 Å². The Bertz CT molecular complexity index is 1080. The summed E-state index contributed by atoms with van der Waals surface area (Å²) in [4.78, 5) is 48.2. The number of esters is 2. The Kier molecular flexibility index (Phi) is 8.10. The Balaban J connectivity index is 1.39. The number of hydrogen-bond acceptors (Lipinski definition) is 7. The Morgan fingerprint density at radius 3 is 2.41 bits per heavy atom. The molecule has 3 aromatic rings. The number of thiophene rings is 1. The summed E-state index contributed by atoms with van der Waals surface area (Å²) in [6, 6.07) is 18.6. The summed E-state index contributed by atoms with van der Waals surface area (Å²) in [5.74, 6) is -1.63. The standard InChI is InChI=1S/C23H20N2O6S/c26-20(13-25-22(28)19-10-5-11-32-19)24-14-21(27)30-15-16-6-4-7-17(12-16)23(29)31-18-8-2-1-3-9-18/h1-12H,13-15H2,(H,24,26)(H,25,28). The average Bonchev–Trinajstić information content (AvgIpc) is 3.36. The molecule has 0 spiro atoms. The summed E-state index contributed by atoms with van der Waals surface area (Å²) in [5.41, 5.74) is 0.910. The molecule has 0 aliphatic heterocycles. The number of rotatable bonds is 9. The van der Waals surface area contributed by atoms with Crippen LogP contribution in [0.5, 0.6) is 5.75 Å². The molecule has 2 aromatic carbocycles. The maximum Gasteiger partial charge on any atom is 0.343 e. The van der Waals surface area contributed by atoms with E-state index in [1.165, 1.54) is 11.3 Å². The van der Waals surface area contributed by atoms with E-state index in [4.69, 9.17) is 9.47 Å². The van der Waals surface area contributed by atoms with Gasteiger partial charge in [0.15, 0.2) is 0 Å². The monoisotopic (exact) mass is 452 g/mol. The first kappa shape index (κ1) is 22.7. The van der Waals surface area contributed by atoms with Gasteiger partial charge in [-0.05, 0) is 41.3 Å². The molecule has 32 heavy (non-hydrogen) atoms. The van der Waals surface area contributed by atoms with E-state index < -0.39 is 17.8 Å². The van der Waals surface area contributed by atoms with Crippen LogP contribution in [0.15, 0.2) is 72.1 Å². The molecule has 9 heteroatoms. The molecule has 0 saturated heterocycles. The Hall–Kier alpha value is -3.98. The molecule has 0 aliphatic rings. The topological polar surface area (TPSA) is 111 Å². The van der Waals surface area contributed by atoms with E-state index in [0.717, 1.165) is 0 Å². The van der Waals surface area contributed by atoms with Crippen molar-refractivity contribution in [1.82, 2.24) is 10.6 Å². The Labute approximate surface area is 188 Å². The fourth-order valence-corrected chi connectivity index (χ4v) is 3.19. The van der Waals surface area contributed by atoms with E-state index in [2.05, 4.69) is 10.6 Å². The van der Waals surface area contributed by atoms with Gasteiger partial charge in [0.25, 0.3) is 5.91 Å². The molecule has 1 aromatic heterocycles. The predicted molar refractivity (Wildman–Crippen MR) is 117 cm³/mol. The summed E-state index contributed by atoms with van der Waals surface area (Å²) in [6.45, 7) is -0.671. The van der Waals surface area contributed by atoms with Gasteiger partial charge in [-0.15, -0.1) is 11.3 Å². The molecule has 8 nitrogen and oxygen atoms in total. The van der Waals surface area contributed by atoms with Crippen LogP contribution >= 0.6 is 11.3 Å². The number of carbonyl (C=O) groups excluding carboxylic acids is 4. The smallest absolute Gasteiger partial charge is 0.343 e. The summed E-state index contributed by atoms with van der Waals surface area (Å²) in [5, 5.41) is 6.60. The van der Waals surface area contributed by atoms with Gasteiger partial charge < -0.3 is 20.1 Å². The number of amides is 2. The summed E-state index contributed by atoms with van der Waals surface area (Å²) in [7, 11) is 0. The van der Waals surface area contributed by atoms with Crippen LogP contribution in [-0.4, -0.2) is 36.8 Å². The van der Waals surface area contributed by atoms with Crippen LogP contribution in [0.1, 0.15) is 25.6 Å². The largest absolute Gasteiger partial charge is 0.460 e. The molecule has 1 heterocycles. The Morgan fingerprint density at radius 2 is 1.66 bits per heavy atom. The van der Waals surface area contributed by atoms with Crippen LogP contribution in [0.25, 0.3) is 0 Å². The van der Waals surface area contributed by atoms with Gasteiger partial charge in [-0.2, -0.15) is 0 Å². The van der Waals surface area contributed by atoms with Crippen molar-refractivity contribution in [2.45, 2.75) is 6.61 Å². The average molecular weight is 452 g/mol. The third-order valence-electron chi connectivity index (χ3n) is 4.10. The predicted octanol–water partition coefficient (Wildman–Crippen LogP) is 2.56. The van der Waals surface area contributed by atoms with Crippen LogP contribution < -0.4 is 15.4 Å². The number of ether oxygens (including phenoxy) is 2. The van der Waals surface area contributed by atoms with E-state index in [-0.39, 0.29) is 25.6 Å². The third-order valence-corrected chi connectivity index (χ3v) is 4.97. The third kappa shape index (κ3) is 7.06. The summed E-state index contributed by atoms with van der Waals surface area (Å²) >= 11 is 1.26. The molecule has 0 atom stereocenters. The van der Waals surface area contributed by atoms with Crippen molar-refractivity contribution in [3.63, 3.8) is 0 Å². The molecular weight excluding hydrogens is 432 g/mol. The first-order valence-corrected chi connectivity index (χ1v) is 10.5. The molecule has 0 unspecified atom stereocenters. The highest BCUT2D eigenvalue weighted by Gasteiger charge is 2.12. The lowest BCUT2D eigenvalue weighted by Gasteiger charge is -2.09. The van der Waals surface area contributed by atoms with Gasteiger partial charge in [-0.1, -0.05) is 36.4 Å². The van der Waals surface area contributed by atoms with Crippen molar-refractivity contribution in [3.05, 3.63) is 88.1 Å². The van der Waals surface area contributed by atoms with Crippen LogP contribution in [0.2, 0.25) is 0 Å². The van der Waals surface area contributed by atoms with Gasteiger partial charge in [-0.3, -0.25) is 14.4 Å². The number of hydrogen-bond donors (Lipinski definition) is 2. The molecule has 0 aliphatic carbocycles. The van der Waals surface area contributed by atoms with Crippen LogP contribution in [0, 0.1) is 0 Å². The zero-order chi connectivity index (χ0) is 22.8. The minimum atomic E-state index is -0.653. The van der Waals surface area contributed by atoms with E-state index >= 15 is 0 Å². The molecule has 0 saturated carbocycles. The van der Waals surface area contributed by atoms with Crippen LogP contribution in [0.3, 0.4) is 0 Å². The van der Waals surface area contributed by atoms with Gasteiger partial charge in [0.1, 0.15) is 18.9 Å². The molecule has 2 N–H and O–H groups in total. The molecule has 164 valence electrons. The number of benzene rings is 2. The quantitative estimate of drug-likeness (QED) is 0.381. The van der Waals surface area contributed by atoms with Crippen LogP contribution in [0.4, 0.5) is 0 Å². The van der Waals surface area contributed by atoms with Gasteiger partial charge in [0, 0.05) is 0 Å². The van der Waals surface area contributed by atoms with E-state index in [0.29, 0.717) is 21.8 Å². The zero-order valence-electron chi connectivity index (χ0n) is 16.9. The minimum absolute atomic E-state index is 0.0731. The van der Waals surface area contributed by atoms with Crippen molar-refractivity contribution in [1.29, 1.82) is 0 Å². The number of nitrogens with one attached hydrogen (secondary N) is 2. The van der Waals surface area contributed by atoms with Gasteiger partial charge in [0.2, 0.25) is 5.91 Å². The summed E-state index contributed by atoms with van der Waals surface area (Å²) < 4.78 is 10.4. The highest BCUT2D eigenvalue weighted by molar-refractivity contribution is 7.12. The number of carbonyl (C=O) groups is 4. The van der Waals surface area contributed by atoms with E-state index in [9.17, 15) is 19.2 Å². The fraction of sp³-hybridized carbons (Fsp3) is 0.130. The lowest BCUT2D eigenvalue weighted by molar-refractivity contribution is -0.145. The van der Waals surface area contributed by atoms with Crippen molar-refractivity contribution in [2.75, 3.05) is 13.1 Å². The van der Waals surface area contributed by atoms with Gasteiger partial charge >= 0.3 is 11.9 Å². The molecule has 0 fully saturated rings. The SMILES string of the molecule is O=C(CNC(=O)c1cccs1)NCC(=O)OCc1cccc(C(=O)Oc2ccccc2)c1. The van der Waals surface area contributed by atoms with E-state index in [1.807, 2.05) is 6.07 Å². The van der Waals surface area contributed by atoms with Crippen molar-refractivity contribution in [2.24, 2.45) is 0 Å². The first-order valence-electron chi connectivity index (χ1n) is 9.61. The summed E-state index contributed by atoms with van der Waals surface area (Å²) in [6.07, 6.45) is 0. The maximum atomic E-state index is 12.3. The second-order valence-corrected chi connectivity index (χ2v) is 7.45. The first-order chi connectivity index (χ1) is 15.5. The molecule has 0 bridgehead atoms. The molecule has 0 radical (unpaired) electrons. The molecular formula is C23H20N2O6S. The van der Waals surface area contributed by atoms with Crippen molar-refractivity contribution in [3.8, 4) is 5.75 Å². The van der Waals surface area contributed by atoms with Gasteiger partial charge in [0.05, 0.1) is 17.0 Å². The fourth-order valence-electron chi connectivity index (χ4n) is 2.55. The molecule has 3 rings (SSSR count). The van der Waals surface area contributed by atoms with Crippen LogP contribution in [-0.2, 0) is 20.9 Å². The lowest BCUT2D eigenvalue weighted by Crippen LogP contribution is -2.39. The van der Waals surface area contributed by atoms with Crippen molar-refractivity contribution >= 4 is 35.1 Å². The second kappa shape index (κ2) is 11.4.